The molecule has 0 aliphatic heterocycles. The summed E-state index contributed by atoms with van der Waals surface area (Å²) >= 11 is 13.4. The van der Waals surface area contributed by atoms with E-state index in [4.69, 9.17) is 23.2 Å². The van der Waals surface area contributed by atoms with Gasteiger partial charge in [-0.05, 0) is 50.0 Å². The lowest BCUT2D eigenvalue weighted by atomic mass is 10.1. The van der Waals surface area contributed by atoms with Crippen LogP contribution in [0.1, 0.15) is 18.9 Å². The Hall–Kier alpha value is 0.0200. The fraction of sp³-hybridized carbons (Fsp3) is 0.538. The fourth-order valence-electron chi connectivity index (χ4n) is 1.58. The van der Waals surface area contributed by atoms with Crippen LogP contribution in [0.4, 0.5) is 0 Å². The summed E-state index contributed by atoms with van der Waals surface area (Å²) in [4.78, 5) is -0.0354. The highest BCUT2D eigenvalue weighted by Gasteiger charge is 2.25. The number of aliphatic hydroxyl groups is 1. The highest BCUT2D eigenvalue weighted by atomic mass is 35.5. The summed E-state index contributed by atoms with van der Waals surface area (Å²) in [6.07, 6.45) is 2.42. The minimum absolute atomic E-state index is 0.0354. The number of hydrogen-bond acceptors (Lipinski definition) is 4. The van der Waals surface area contributed by atoms with Gasteiger partial charge in [-0.1, -0.05) is 23.2 Å². The van der Waals surface area contributed by atoms with Gasteiger partial charge in [0.1, 0.15) is 4.90 Å². The third-order valence-electron chi connectivity index (χ3n) is 2.99. The van der Waals surface area contributed by atoms with Crippen LogP contribution in [-0.2, 0) is 10.0 Å². The van der Waals surface area contributed by atoms with Crippen molar-refractivity contribution in [1.29, 1.82) is 0 Å². The highest BCUT2D eigenvalue weighted by Crippen LogP contribution is 2.28. The number of halogens is 2. The Bertz CT molecular complexity index is 604. The van der Waals surface area contributed by atoms with Gasteiger partial charge in [-0.2, -0.15) is 11.8 Å². The van der Waals surface area contributed by atoms with E-state index in [0.29, 0.717) is 17.0 Å². The highest BCUT2D eigenvalue weighted by molar-refractivity contribution is 7.98. The molecule has 1 rings (SSSR count). The smallest absolute Gasteiger partial charge is 0.242 e. The molecule has 0 bridgehead atoms. The van der Waals surface area contributed by atoms with Gasteiger partial charge in [0, 0.05) is 11.6 Å². The minimum atomic E-state index is -3.80. The number of thioether (sulfide) groups is 1. The number of nitrogens with one attached hydrogen (secondary N) is 1. The number of rotatable bonds is 7. The largest absolute Gasteiger partial charge is 0.389 e. The van der Waals surface area contributed by atoms with Gasteiger partial charge in [-0.15, -0.1) is 0 Å². The fourth-order valence-corrected chi connectivity index (χ4v) is 4.21. The van der Waals surface area contributed by atoms with Crippen LogP contribution in [0, 0.1) is 6.92 Å². The lowest BCUT2D eigenvalue weighted by molar-refractivity contribution is 0.0626. The Kier molecular flexibility index (Phi) is 6.83. The lowest BCUT2D eigenvalue weighted by Crippen LogP contribution is -2.41. The Balaban J connectivity index is 2.90. The molecule has 120 valence electrons. The van der Waals surface area contributed by atoms with Gasteiger partial charge in [0.05, 0.1) is 10.6 Å². The van der Waals surface area contributed by atoms with Crippen molar-refractivity contribution in [1.82, 2.24) is 4.72 Å². The molecule has 0 spiro atoms. The summed E-state index contributed by atoms with van der Waals surface area (Å²) in [5.41, 5.74) is -0.486. The Morgan fingerprint density at radius 2 is 1.95 bits per heavy atom. The average Bonchev–Trinajstić information content (AvgIpc) is 2.38. The van der Waals surface area contributed by atoms with Crippen molar-refractivity contribution < 1.29 is 13.5 Å². The van der Waals surface area contributed by atoms with Crippen molar-refractivity contribution in [2.45, 2.75) is 30.8 Å². The molecule has 4 nitrogen and oxygen atoms in total. The van der Waals surface area contributed by atoms with E-state index in [1.807, 2.05) is 6.26 Å². The summed E-state index contributed by atoms with van der Waals surface area (Å²) in [6, 6.07) is 2.82. The van der Waals surface area contributed by atoms with E-state index in [1.54, 1.807) is 25.6 Å². The number of sulfonamides is 1. The summed E-state index contributed by atoms with van der Waals surface area (Å²) in [5.74, 6) is 0.746. The van der Waals surface area contributed by atoms with Gasteiger partial charge in [0.15, 0.2) is 0 Å². The normalized spacial score (nSPS) is 15.0. The van der Waals surface area contributed by atoms with E-state index in [-0.39, 0.29) is 16.5 Å². The Morgan fingerprint density at radius 3 is 2.52 bits per heavy atom. The van der Waals surface area contributed by atoms with E-state index in [0.717, 1.165) is 5.75 Å². The summed E-state index contributed by atoms with van der Waals surface area (Å²) in [6.45, 7) is 3.22. The van der Waals surface area contributed by atoms with Crippen LogP contribution in [-0.4, -0.2) is 37.7 Å². The van der Waals surface area contributed by atoms with E-state index >= 15 is 0 Å². The zero-order valence-corrected chi connectivity index (χ0v) is 15.3. The van der Waals surface area contributed by atoms with Crippen LogP contribution in [0.25, 0.3) is 0 Å². The topological polar surface area (TPSA) is 66.4 Å². The number of hydrogen-bond donors (Lipinski definition) is 2. The molecule has 0 radical (unpaired) electrons. The molecule has 0 unspecified atom stereocenters. The van der Waals surface area contributed by atoms with Crippen LogP contribution in [0.15, 0.2) is 17.0 Å². The van der Waals surface area contributed by atoms with Crippen molar-refractivity contribution in [2.24, 2.45) is 0 Å². The van der Waals surface area contributed by atoms with Crippen molar-refractivity contribution in [2.75, 3.05) is 18.6 Å². The third-order valence-corrected chi connectivity index (χ3v) is 5.88. The van der Waals surface area contributed by atoms with Gasteiger partial charge < -0.3 is 5.11 Å². The SMILES string of the molecule is CSCC[C@@](C)(O)CNS(=O)(=O)c1cc(C)c(Cl)cc1Cl. The van der Waals surface area contributed by atoms with Crippen molar-refractivity contribution in [3.63, 3.8) is 0 Å². The quantitative estimate of drug-likeness (QED) is 0.772. The Labute approximate surface area is 140 Å². The van der Waals surface area contributed by atoms with Crippen LogP contribution in [0.5, 0.6) is 0 Å². The van der Waals surface area contributed by atoms with Crippen LogP contribution in [0.2, 0.25) is 10.0 Å². The molecule has 2 N–H and O–H groups in total. The standard InChI is InChI=1S/C13H19Cl2NO3S2/c1-9-6-12(11(15)7-10(9)14)21(18,19)16-8-13(2,17)4-5-20-3/h6-7,16-17H,4-5,8H2,1-3H3/t13-/m1/s1. The van der Waals surface area contributed by atoms with Crippen LogP contribution < -0.4 is 4.72 Å². The third kappa shape index (κ3) is 5.62. The van der Waals surface area contributed by atoms with Gasteiger partial charge in [0.25, 0.3) is 0 Å². The maximum Gasteiger partial charge on any atom is 0.242 e. The molecule has 0 aromatic heterocycles. The zero-order valence-electron chi connectivity index (χ0n) is 12.1. The van der Waals surface area contributed by atoms with E-state index < -0.39 is 15.6 Å². The average molecular weight is 372 g/mol. The first kappa shape index (κ1) is 19.1. The second-order valence-corrected chi connectivity index (χ2v) is 8.63. The molecule has 0 saturated heterocycles. The molecular formula is C13H19Cl2NO3S2. The summed E-state index contributed by atoms with van der Waals surface area (Å²) in [7, 11) is -3.80. The predicted molar refractivity (Wildman–Crippen MR) is 90.0 cm³/mol. The van der Waals surface area contributed by atoms with Crippen molar-refractivity contribution >= 4 is 45.0 Å². The molecule has 0 aliphatic rings. The number of benzene rings is 1. The monoisotopic (exact) mass is 371 g/mol. The second-order valence-electron chi connectivity index (χ2n) is 5.10. The molecule has 0 aliphatic carbocycles. The zero-order chi connectivity index (χ0) is 16.3. The first-order valence-electron chi connectivity index (χ1n) is 6.26. The minimum Gasteiger partial charge on any atom is -0.389 e. The van der Waals surface area contributed by atoms with Crippen LogP contribution in [0.3, 0.4) is 0 Å². The second kappa shape index (κ2) is 7.53. The lowest BCUT2D eigenvalue weighted by Gasteiger charge is -2.23. The van der Waals surface area contributed by atoms with Crippen molar-refractivity contribution in [3.05, 3.63) is 27.7 Å². The Morgan fingerprint density at radius 1 is 1.33 bits per heavy atom. The maximum atomic E-state index is 12.3. The molecule has 8 heteroatoms. The molecule has 0 fully saturated rings. The first-order valence-corrected chi connectivity index (χ1v) is 9.89. The van der Waals surface area contributed by atoms with E-state index in [2.05, 4.69) is 4.72 Å². The van der Waals surface area contributed by atoms with Crippen LogP contribution >= 0.6 is 35.0 Å². The predicted octanol–water partition coefficient (Wildman–Crippen LogP) is 3.08. The summed E-state index contributed by atoms with van der Waals surface area (Å²) in [5, 5.41) is 10.6. The molecule has 21 heavy (non-hydrogen) atoms. The van der Waals surface area contributed by atoms with Gasteiger partial charge >= 0.3 is 0 Å². The molecule has 1 atom stereocenters. The van der Waals surface area contributed by atoms with Crippen molar-refractivity contribution in [3.8, 4) is 0 Å². The maximum absolute atomic E-state index is 12.3. The van der Waals surface area contributed by atoms with E-state index in [9.17, 15) is 13.5 Å². The molecule has 1 aromatic rings. The molecular weight excluding hydrogens is 353 g/mol. The summed E-state index contributed by atoms with van der Waals surface area (Å²) < 4.78 is 27.0. The molecule has 0 heterocycles. The van der Waals surface area contributed by atoms with E-state index in [1.165, 1.54) is 12.1 Å². The van der Waals surface area contributed by atoms with Gasteiger partial charge in [-0.25, -0.2) is 13.1 Å². The van der Waals surface area contributed by atoms with Gasteiger partial charge in [-0.3, -0.25) is 0 Å². The number of aryl methyl sites for hydroxylation is 1. The van der Waals surface area contributed by atoms with Gasteiger partial charge in [0.2, 0.25) is 10.0 Å². The molecule has 0 amide bonds. The first-order chi connectivity index (χ1) is 9.59. The molecule has 1 aromatic carbocycles. The molecule has 0 saturated carbocycles.